The Hall–Kier alpha value is -1.31. The largest absolute Gasteiger partial charge is 0.500 e. The third kappa shape index (κ3) is 35.0. The Kier molecular flexibility index (Phi) is 46.7. The first-order valence-corrected chi connectivity index (χ1v) is 32.1. The van der Waals surface area contributed by atoms with Gasteiger partial charge in [0, 0.05) is 133 Å². The highest BCUT2D eigenvalue weighted by Crippen LogP contribution is 2.20. The molecule has 2 atom stereocenters. The highest BCUT2D eigenvalue weighted by Gasteiger charge is 2.41. The summed E-state index contributed by atoms with van der Waals surface area (Å²) in [5.74, 6) is 0. The van der Waals surface area contributed by atoms with Crippen LogP contribution in [0.15, 0.2) is 0 Å². The molecule has 0 bridgehead atoms. The standard InChI is InChI=1S/C22H48N2O10Si2.C20H46O12Si2/c1-7-29-35(30-8-2,31-9-3)19-13-15-23-21(25)27-17-18-28-22(26)24-16-14-20-36(32-10-4,33-11-5)34-12-6;1-23-33(24-2,25-3)13-7-9-29-15-19(21)17-31-11-12-32-18-20(22)16-30-10-8-14-34(26-4,27-5)28-6/h7-20H2,1-6H3,(H,23,25)(H,24,26);19-22H,7-18H2,1-6H3. The van der Waals surface area contributed by atoms with Gasteiger partial charge in [0.15, 0.2) is 0 Å². The molecule has 0 spiro atoms. The SMILES string of the molecule is CCO[Si](CCCNC(=O)OCCOC(=O)NCCC[Si](OCC)(OCC)OCC)(OCC)OCC.CO[Si](CCCOCC(O)COCCOCC(O)COCCC[Si](OC)(OC)OC)(OC)OC. The summed E-state index contributed by atoms with van der Waals surface area (Å²) in [6.45, 7) is 17.2. The number of rotatable bonds is 48. The molecule has 420 valence electrons. The van der Waals surface area contributed by atoms with E-state index in [2.05, 4.69) is 10.6 Å². The highest BCUT2D eigenvalue weighted by atomic mass is 28.4. The van der Waals surface area contributed by atoms with Crippen molar-refractivity contribution in [3.05, 3.63) is 0 Å². The predicted octanol–water partition coefficient (Wildman–Crippen LogP) is 3.63. The number of hydrogen-bond acceptors (Lipinski definition) is 22. The maximum Gasteiger partial charge on any atom is 0.500 e. The van der Waals surface area contributed by atoms with Crippen LogP contribution in [-0.2, 0) is 81.5 Å². The molecule has 24 nitrogen and oxygen atoms in total. The average Bonchev–Trinajstić information content (AvgIpc) is 3.35. The fraction of sp³-hybridized carbons (Fsp3) is 0.952. The van der Waals surface area contributed by atoms with Crippen LogP contribution in [0.4, 0.5) is 9.59 Å². The molecule has 0 heterocycles. The second-order valence-corrected chi connectivity index (χ2v) is 26.3. The van der Waals surface area contributed by atoms with Crippen LogP contribution >= 0.6 is 0 Å². The molecule has 70 heavy (non-hydrogen) atoms. The molecule has 0 rings (SSSR count). The first kappa shape index (κ1) is 70.8. The Morgan fingerprint density at radius 2 is 0.643 bits per heavy atom. The van der Waals surface area contributed by atoms with Crippen molar-refractivity contribution in [2.24, 2.45) is 0 Å². The van der Waals surface area contributed by atoms with E-state index in [0.29, 0.717) is 129 Å². The van der Waals surface area contributed by atoms with Crippen molar-refractivity contribution in [1.82, 2.24) is 10.6 Å². The minimum atomic E-state index is -2.72. The van der Waals surface area contributed by atoms with E-state index in [0.717, 1.165) is 0 Å². The van der Waals surface area contributed by atoms with Crippen LogP contribution in [0.1, 0.15) is 67.2 Å². The van der Waals surface area contributed by atoms with Crippen molar-refractivity contribution in [3.8, 4) is 0 Å². The van der Waals surface area contributed by atoms with Crippen LogP contribution in [0.5, 0.6) is 0 Å². The molecule has 28 heteroatoms. The normalized spacial score (nSPS) is 13.1. The molecular formula is C42H94N2O22Si4. The molecular weight excluding hydrogens is 997 g/mol. The molecule has 0 aliphatic carbocycles. The number of amides is 2. The molecule has 0 fully saturated rings. The number of nitrogens with one attached hydrogen (secondary N) is 2. The van der Waals surface area contributed by atoms with Crippen molar-refractivity contribution < 1.29 is 101 Å². The smallest absolute Gasteiger partial charge is 0.446 e. The Morgan fingerprint density at radius 1 is 0.386 bits per heavy atom. The Labute approximate surface area is 423 Å². The molecule has 0 saturated heterocycles. The Morgan fingerprint density at radius 3 is 0.900 bits per heavy atom. The minimum Gasteiger partial charge on any atom is -0.446 e. The van der Waals surface area contributed by atoms with Crippen LogP contribution in [-0.4, -0.2) is 231 Å². The zero-order chi connectivity index (χ0) is 52.8. The number of ether oxygens (including phenoxy) is 6. The molecule has 0 aromatic heterocycles. The Balaban J connectivity index is 0. The van der Waals surface area contributed by atoms with Gasteiger partial charge in [-0.15, -0.1) is 0 Å². The number of aliphatic hydroxyl groups excluding tert-OH is 2. The number of carbonyl (C=O) groups excluding carboxylic acids is 2. The molecule has 0 saturated carbocycles. The van der Waals surface area contributed by atoms with E-state index in [9.17, 15) is 19.8 Å². The van der Waals surface area contributed by atoms with E-state index < -0.39 is 59.6 Å². The second kappa shape index (κ2) is 46.2. The molecule has 0 radical (unpaired) electrons. The topological polar surface area (TPSA) is 265 Å². The molecule has 0 aromatic rings. The third-order valence-electron chi connectivity index (χ3n) is 9.62. The third-order valence-corrected chi connectivity index (χ3v) is 21.6. The number of hydrogen-bond donors (Lipinski definition) is 4. The molecule has 4 N–H and O–H groups in total. The summed E-state index contributed by atoms with van der Waals surface area (Å²) in [6.07, 6.45) is 0.0181. The van der Waals surface area contributed by atoms with Crippen LogP contribution in [0.3, 0.4) is 0 Å². The van der Waals surface area contributed by atoms with Crippen molar-refractivity contribution in [2.75, 3.05) is 161 Å². The summed E-state index contributed by atoms with van der Waals surface area (Å²) in [5.41, 5.74) is 0. The summed E-state index contributed by atoms with van der Waals surface area (Å²) in [7, 11) is -1.18. The van der Waals surface area contributed by atoms with Crippen molar-refractivity contribution >= 4 is 47.4 Å². The lowest BCUT2D eigenvalue weighted by Crippen LogP contribution is -2.46. The highest BCUT2D eigenvalue weighted by molar-refractivity contribution is 6.61. The van der Waals surface area contributed by atoms with Crippen LogP contribution in [0, 0.1) is 0 Å². The average molecular weight is 1090 g/mol. The van der Waals surface area contributed by atoms with Crippen molar-refractivity contribution in [2.45, 2.75) is 104 Å². The van der Waals surface area contributed by atoms with Crippen LogP contribution in [0.25, 0.3) is 0 Å². The van der Waals surface area contributed by atoms with Crippen LogP contribution in [0.2, 0.25) is 24.2 Å². The molecule has 2 amide bonds. The summed E-state index contributed by atoms with van der Waals surface area (Å²) in [4.78, 5) is 23.7. The second-order valence-electron chi connectivity index (χ2n) is 14.7. The molecule has 0 aliphatic rings. The van der Waals surface area contributed by atoms with Gasteiger partial charge in [0.1, 0.15) is 25.4 Å². The molecule has 0 aromatic carbocycles. The van der Waals surface area contributed by atoms with Gasteiger partial charge in [0.2, 0.25) is 0 Å². The maximum atomic E-state index is 11.9. The molecule has 0 aliphatic heterocycles. The van der Waals surface area contributed by atoms with Crippen LogP contribution < -0.4 is 10.6 Å². The lowest BCUT2D eigenvalue weighted by molar-refractivity contribution is -0.0506. The van der Waals surface area contributed by atoms with E-state index in [-0.39, 0.29) is 39.6 Å². The van der Waals surface area contributed by atoms with E-state index in [1.807, 2.05) is 41.5 Å². The molecule has 2 unspecified atom stereocenters. The predicted molar refractivity (Wildman–Crippen MR) is 267 cm³/mol. The fourth-order valence-corrected chi connectivity index (χ4v) is 15.0. The fourth-order valence-electron chi connectivity index (χ4n) is 6.35. The van der Waals surface area contributed by atoms with Gasteiger partial charge in [-0.2, -0.15) is 0 Å². The van der Waals surface area contributed by atoms with Gasteiger partial charge < -0.3 is 102 Å². The van der Waals surface area contributed by atoms with E-state index in [1.165, 1.54) is 0 Å². The summed E-state index contributed by atoms with van der Waals surface area (Å²) >= 11 is 0. The zero-order valence-electron chi connectivity index (χ0n) is 44.6. The quantitative estimate of drug-likeness (QED) is 0.0501. The Bertz CT molecular complexity index is 1070. The van der Waals surface area contributed by atoms with Gasteiger partial charge in [-0.1, -0.05) is 0 Å². The summed E-state index contributed by atoms with van der Waals surface area (Å²) in [5, 5.41) is 25.1. The summed E-state index contributed by atoms with van der Waals surface area (Å²) in [6, 6.07) is 2.45. The summed E-state index contributed by atoms with van der Waals surface area (Å²) < 4.78 is 98.4. The first-order chi connectivity index (χ1) is 33.7. The van der Waals surface area contributed by atoms with Gasteiger partial charge in [-0.05, 0) is 67.2 Å². The van der Waals surface area contributed by atoms with Gasteiger partial charge in [0.25, 0.3) is 0 Å². The number of carbonyl (C=O) groups is 2. The van der Waals surface area contributed by atoms with E-state index in [1.54, 1.807) is 42.7 Å². The van der Waals surface area contributed by atoms with Gasteiger partial charge in [0.05, 0.1) is 39.6 Å². The lowest BCUT2D eigenvalue weighted by Gasteiger charge is -2.28. The zero-order valence-corrected chi connectivity index (χ0v) is 48.6. The van der Waals surface area contributed by atoms with E-state index in [4.69, 9.17) is 81.5 Å². The number of aliphatic hydroxyl groups is 2. The van der Waals surface area contributed by atoms with E-state index >= 15 is 0 Å². The lowest BCUT2D eigenvalue weighted by atomic mass is 10.4. The number of alkyl carbamates (subject to hydrolysis) is 2. The first-order valence-electron chi connectivity index (χ1n) is 24.3. The van der Waals surface area contributed by atoms with Gasteiger partial charge >= 0.3 is 47.4 Å². The van der Waals surface area contributed by atoms with Gasteiger partial charge in [-0.3, -0.25) is 0 Å². The van der Waals surface area contributed by atoms with Crippen molar-refractivity contribution in [3.63, 3.8) is 0 Å². The van der Waals surface area contributed by atoms with Gasteiger partial charge in [-0.25, -0.2) is 9.59 Å². The van der Waals surface area contributed by atoms with Crippen molar-refractivity contribution in [1.29, 1.82) is 0 Å². The monoisotopic (exact) mass is 1090 g/mol. The maximum absolute atomic E-state index is 11.9. The minimum absolute atomic E-state index is 0.0518.